The highest BCUT2D eigenvalue weighted by Gasteiger charge is 2.19. The molecule has 0 spiro atoms. The van der Waals surface area contributed by atoms with Crippen molar-refractivity contribution in [2.24, 2.45) is 0 Å². The molecule has 0 aliphatic carbocycles. The fourth-order valence-corrected chi connectivity index (χ4v) is 2.91. The zero-order valence-corrected chi connectivity index (χ0v) is 11.6. The summed E-state index contributed by atoms with van der Waals surface area (Å²) in [5.41, 5.74) is 6.91. The zero-order valence-electron chi connectivity index (χ0n) is 10.8. The summed E-state index contributed by atoms with van der Waals surface area (Å²) in [6.07, 6.45) is 0. The molecule has 3 aromatic rings. The Hall–Kier alpha value is -2.40. The van der Waals surface area contributed by atoms with Crippen molar-refractivity contribution in [3.63, 3.8) is 0 Å². The Morgan fingerprint density at radius 1 is 1.20 bits per heavy atom. The molecule has 20 heavy (non-hydrogen) atoms. The van der Waals surface area contributed by atoms with E-state index in [0.717, 1.165) is 21.2 Å². The van der Waals surface area contributed by atoms with Gasteiger partial charge in [0, 0.05) is 0 Å². The lowest BCUT2D eigenvalue weighted by Gasteiger charge is -2.03. The van der Waals surface area contributed by atoms with Gasteiger partial charge < -0.3 is 10.5 Å². The summed E-state index contributed by atoms with van der Waals surface area (Å²) in [5, 5.41) is 2.61. The minimum absolute atomic E-state index is 0.269. The van der Waals surface area contributed by atoms with Crippen LogP contribution in [0.4, 0.5) is 5.13 Å². The number of hydrogen-bond donors (Lipinski definition) is 1. The average Bonchev–Trinajstić information content (AvgIpc) is 2.88. The number of carbonyl (C=O) groups is 1. The highest BCUT2D eigenvalue weighted by molar-refractivity contribution is 7.19. The summed E-state index contributed by atoms with van der Waals surface area (Å²) in [5.74, 6) is -0.471. The van der Waals surface area contributed by atoms with E-state index in [-0.39, 0.29) is 5.69 Å². The zero-order chi connectivity index (χ0) is 14.1. The normalized spacial score (nSPS) is 10.7. The summed E-state index contributed by atoms with van der Waals surface area (Å²) in [6, 6.07) is 14.0. The fourth-order valence-electron chi connectivity index (χ4n) is 2.10. The number of carbonyl (C=O) groups excluding carboxylic acids is 1. The maximum absolute atomic E-state index is 11.8. The van der Waals surface area contributed by atoms with Crippen LogP contribution in [0, 0.1) is 0 Å². The molecule has 0 saturated heterocycles. The van der Waals surface area contributed by atoms with E-state index in [9.17, 15) is 4.79 Å². The number of nitrogens with two attached hydrogens (primary N) is 1. The number of nitrogen functional groups attached to an aromatic ring is 1. The van der Waals surface area contributed by atoms with Crippen molar-refractivity contribution < 1.29 is 9.53 Å². The first-order valence-electron chi connectivity index (χ1n) is 6.03. The van der Waals surface area contributed by atoms with Crippen LogP contribution in [0.5, 0.6) is 0 Å². The molecule has 100 valence electrons. The number of esters is 1. The highest BCUT2D eigenvalue weighted by atomic mass is 32.1. The van der Waals surface area contributed by atoms with E-state index in [1.807, 2.05) is 42.5 Å². The molecule has 2 N–H and O–H groups in total. The summed E-state index contributed by atoms with van der Waals surface area (Å²) < 4.78 is 4.75. The van der Waals surface area contributed by atoms with Crippen molar-refractivity contribution in [3.8, 4) is 10.4 Å². The van der Waals surface area contributed by atoms with Crippen molar-refractivity contribution in [3.05, 3.63) is 48.2 Å². The van der Waals surface area contributed by atoms with Crippen molar-refractivity contribution in [1.29, 1.82) is 0 Å². The molecule has 0 aliphatic rings. The third-order valence-corrected chi connectivity index (χ3v) is 3.97. The van der Waals surface area contributed by atoms with Crippen LogP contribution in [0.3, 0.4) is 0 Å². The lowest BCUT2D eigenvalue weighted by atomic mass is 10.1. The SMILES string of the molecule is COC(=O)c1nc(N)sc1-c1ccc2ccccc2c1. The lowest BCUT2D eigenvalue weighted by Crippen LogP contribution is -2.03. The molecule has 1 heterocycles. The number of ether oxygens (including phenoxy) is 1. The molecular weight excluding hydrogens is 272 g/mol. The van der Waals surface area contributed by atoms with E-state index < -0.39 is 5.97 Å². The van der Waals surface area contributed by atoms with Gasteiger partial charge in [0.1, 0.15) is 0 Å². The first-order valence-corrected chi connectivity index (χ1v) is 6.84. The summed E-state index contributed by atoms with van der Waals surface area (Å²) in [4.78, 5) is 16.5. The molecule has 2 aromatic carbocycles. The molecule has 0 atom stereocenters. The Labute approximate surface area is 119 Å². The summed E-state index contributed by atoms with van der Waals surface area (Å²) >= 11 is 1.29. The largest absolute Gasteiger partial charge is 0.464 e. The molecule has 0 aliphatic heterocycles. The number of benzene rings is 2. The van der Waals surface area contributed by atoms with E-state index in [1.165, 1.54) is 18.4 Å². The summed E-state index contributed by atoms with van der Waals surface area (Å²) in [6.45, 7) is 0. The summed E-state index contributed by atoms with van der Waals surface area (Å²) in [7, 11) is 1.34. The smallest absolute Gasteiger partial charge is 0.358 e. The standard InChI is InChI=1S/C15H12N2O2S/c1-19-14(18)12-13(20-15(16)17-12)11-7-6-9-4-2-3-5-10(9)8-11/h2-8H,1H3,(H2,16,17). The minimum atomic E-state index is -0.471. The molecular formula is C15H12N2O2S. The van der Waals surface area contributed by atoms with E-state index in [1.54, 1.807) is 0 Å². The average molecular weight is 284 g/mol. The topological polar surface area (TPSA) is 65.2 Å². The number of methoxy groups -OCH3 is 1. The maximum atomic E-state index is 11.8. The molecule has 5 heteroatoms. The van der Waals surface area contributed by atoms with E-state index in [2.05, 4.69) is 4.98 Å². The van der Waals surface area contributed by atoms with Crippen molar-refractivity contribution in [1.82, 2.24) is 4.98 Å². The molecule has 0 fully saturated rings. The van der Waals surface area contributed by atoms with Crippen molar-refractivity contribution in [2.75, 3.05) is 12.8 Å². The van der Waals surface area contributed by atoms with Crippen LogP contribution in [0.1, 0.15) is 10.5 Å². The van der Waals surface area contributed by atoms with Gasteiger partial charge in [-0.3, -0.25) is 0 Å². The van der Waals surface area contributed by atoms with Gasteiger partial charge in [0.15, 0.2) is 10.8 Å². The van der Waals surface area contributed by atoms with Gasteiger partial charge in [-0.25, -0.2) is 9.78 Å². The number of anilines is 1. The number of thiazole rings is 1. The van der Waals surface area contributed by atoms with Gasteiger partial charge in [0.25, 0.3) is 0 Å². The molecule has 0 saturated carbocycles. The number of rotatable bonds is 2. The third kappa shape index (κ3) is 2.12. The van der Waals surface area contributed by atoms with Gasteiger partial charge in [0.2, 0.25) is 0 Å². The maximum Gasteiger partial charge on any atom is 0.358 e. The Bertz CT molecular complexity index is 795. The van der Waals surface area contributed by atoms with E-state index >= 15 is 0 Å². The van der Waals surface area contributed by atoms with Crippen LogP contribution in [0.15, 0.2) is 42.5 Å². The van der Waals surface area contributed by atoms with Crippen LogP contribution >= 0.6 is 11.3 Å². The molecule has 0 radical (unpaired) electrons. The van der Waals surface area contributed by atoms with E-state index in [4.69, 9.17) is 10.5 Å². The Morgan fingerprint density at radius 3 is 2.70 bits per heavy atom. The predicted molar refractivity (Wildman–Crippen MR) is 80.8 cm³/mol. The number of nitrogens with zero attached hydrogens (tertiary/aromatic N) is 1. The van der Waals surface area contributed by atoms with Gasteiger partial charge in [-0.1, -0.05) is 47.7 Å². The van der Waals surface area contributed by atoms with Crippen LogP contribution in [-0.2, 0) is 4.74 Å². The molecule has 0 unspecified atom stereocenters. The second kappa shape index (κ2) is 4.94. The predicted octanol–water partition coefficient (Wildman–Crippen LogP) is 3.33. The molecule has 0 amide bonds. The number of hydrogen-bond acceptors (Lipinski definition) is 5. The molecule has 0 bridgehead atoms. The first-order chi connectivity index (χ1) is 9.69. The van der Waals surface area contributed by atoms with Gasteiger partial charge in [0.05, 0.1) is 12.0 Å². The number of aromatic nitrogens is 1. The lowest BCUT2D eigenvalue weighted by molar-refractivity contribution is 0.0596. The van der Waals surface area contributed by atoms with Crippen molar-refractivity contribution in [2.45, 2.75) is 0 Å². The Kier molecular flexibility index (Phi) is 3.12. The van der Waals surface area contributed by atoms with Crippen molar-refractivity contribution >= 4 is 33.2 Å². The van der Waals surface area contributed by atoms with Gasteiger partial charge in [-0.15, -0.1) is 0 Å². The van der Waals surface area contributed by atoms with Crippen LogP contribution in [0.2, 0.25) is 0 Å². The third-order valence-electron chi connectivity index (χ3n) is 3.03. The second-order valence-corrected chi connectivity index (χ2v) is 5.31. The van der Waals surface area contributed by atoms with Crippen LogP contribution in [-0.4, -0.2) is 18.1 Å². The van der Waals surface area contributed by atoms with E-state index in [0.29, 0.717) is 5.13 Å². The molecule has 1 aromatic heterocycles. The first kappa shape index (κ1) is 12.6. The molecule has 4 nitrogen and oxygen atoms in total. The molecule has 3 rings (SSSR count). The quantitative estimate of drug-likeness (QED) is 0.733. The van der Waals surface area contributed by atoms with Gasteiger partial charge >= 0.3 is 5.97 Å². The number of fused-ring (bicyclic) bond motifs is 1. The minimum Gasteiger partial charge on any atom is -0.464 e. The van der Waals surface area contributed by atoms with Gasteiger partial charge in [-0.05, 0) is 22.4 Å². The van der Waals surface area contributed by atoms with Crippen LogP contribution < -0.4 is 5.73 Å². The second-order valence-electron chi connectivity index (χ2n) is 4.28. The fraction of sp³-hybridized carbons (Fsp3) is 0.0667. The van der Waals surface area contributed by atoms with Gasteiger partial charge in [-0.2, -0.15) is 0 Å². The van der Waals surface area contributed by atoms with Crippen LogP contribution in [0.25, 0.3) is 21.2 Å². The Morgan fingerprint density at radius 2 is 1.95 bits per heavy atom. The Balaban J connectivity index is 2.17. The monoisotopic (exact) mass is 284 g/mol. The highest BCUT2D eigenvalue weighted by Crippen LogP contribution is 2.33.